The SMILES string of the molecule is NC(=O)CONC(=O)c1ccc(Br)cc1F. The third kappa shape index (κ3) is 3.59. The lowest BCUT2D eigenvalue weighted by molar-refractivity contribution is -0.124. The van der Waals surface area contributed by atoms with E-state index in [4.69, 9.17) is 5.73 Å². The first kappa shape index (κ1) is 12.6. The molecule has 0 unspecified atom stereocenters. The van der Waals surface area contributed by atoms with Crippen molar-refractivity contribution in [2.75, 3.05) is 6.61 Å². The quantitative estimate of drug-likeness (QED) is 0.803. The van der Waals surface area contributed by atoms with Crippen molar-refractivity contribution in [1.82, 2.24) is 5.48 Å². The average molecular weight is 291 g/mol. The summed E-state index contributed by atoms with van der Waals surface area (Å²) in [6.07, 6.45) is 0. The number of carbonyl (C=O) groups is 2. The molecular weight excluding hydrogens is 283 g/mol. The van der Waals surface area contributed by atoms with Crippen molar-refractivity contribution in [3.63, 3.8) is 0 Å². The predicted octanol–water partition coefficient (Wildman–Crippen LogP) is 0.735. The molecule has 0 aliphatic carbocycles. The van der Waals surface area contributed by atoms with E-state index in [9.17, 15) is 14.0 Å². The van der Waals surface area contributed by atoms with Crippen molar-refractivity contribution < 1.29 is 18.8 Å². The maximum atomic E-state index is 13.2. The van der Waals surface area contributed by atoms with E-state index < -0.39 is 24.2 Å². The number of nitrogens with two attached hydrogens (primary N) is 1. The molecule has 0 fully saturated rings. The van der Waals surface area contributed by atoms with Crippen LogP contribution in [0.25, 0.3) is 0 Å². The Balaban J connectivity index is 2.63. The van der Waals surface area contributed by atoms with Gasteiger partial charge in [0.1, 0.15) is 5.82 Å². The topological polar surface area (TPSA) is 81.4 Å². The van der Waals surface area contributed by atoms with Crippen LogP contribution >= 0.6 is 15.9 Å². The summed E-state index contributed by atoms with van der Waals surface area (Å²) in [7, 11) is 0. The molecule has 1 aromatic carbocycles. The van der Waals surface area contributed by atoms with E-state index in [-0.39, 0.29) is 5.56 Å². The molecule has 1 aromatic rings. The summed E-state index contributed by atoms with van der Waals surface area (Å²) in [6.45, 7) is -0.468. The molecule has 0 saturated carbocycles. The Kier molecular flexibility index (Phi) is 4.39. The van der Waals surface area contributed by atoms with Gasteiger partial charge in [-0.25, -0.2) is 9.87 Å². The van der Waals surface area contributed by atoms with Crippen LogP contribution in [0.5, 0.6) is 0 Å². The zero-order valence-corrected chi connectivity index (χ0v) is 9.58. The Hall–Kier alpha value is -1.47. The molecule has 0 saturated heterocycles. The van der Waals surface area contributed by atoms with Gasteiger partial charge in [-0.15, -0.1) is 0 Å². The molecule has 0 aromatic heterocycles. The van der Waals surface area contributed by atoms with Gasteiger partial charge in [0.25, 0.3) is 5.91 Å². The van der Waals surface area contributed by atoms with Crippen LogP contribution in [-0.4, -0.2) is 18.4 Å². The van der Waals surface area contributed by atoms with Crippen molar-refractivity contribution >= 4 is 27.7 Å². The van der Waals surface area contributed by atoms with Crippen molar-refractivity contribution in [2.24, 2.45) is 5.73 Å². The van der Waals surface area contributed by atoms with E-state index in [2.05, 4.69) is 20.8 Å². The Bertz CT molecular complexity index is 425. The van der Waals surface area contributed by atoms with Crippen LogP contribution in [0.4, 0.5) is 4.39 Å². The molecule has 7 heteroatoms. The van der Waals surface area contributed by atoms with Crippen LogP contribution in [0, 0.1) is 5.82 Å². The summed E-state index contributed by atoms with van der Waals surface area (Å²) in [4.78, 5) is 26.1. The third-order valence-electron chi connectivity index (χ3n) is 1.56. The van der Waals surface area contributed by atoms with Gasteiger partial charge in [-0.1, -0.05) is 15.9 Å². The fourth-order valence-corrected chi connectivity index (χ4v) is 1.23. The van der Waals surface area contributed by atoms with Crippen molar-refractivity contribution in [1.29, 1.82) is 0 Å². The zero-order valence-electron chi connectivity index (χ0n) is 8.00. The van der Waals surface area contributed by atoms with Crippen LogP contribution in [0.2, 0.25) is 0 Å². The Morgan fingerprint density at radius 2 is 2.19 bits per heavy atom. The highest BCUT2D eigenvalue weighted by Gasteiger charge is 2.11. The number of hydrogen-bond donors (Lipinski definition) is 2. The van der Waals surface area contributed by atoms with Gasteiger partial charge < -0.3 is 5.73 Å². The van der Waals surface area contributed by atoms with Crippen molar-refractivity contribution in [2.45, 2.75) is 0 Å². The summed E-state index contributed by atoms with van der Waals surface area (Å²) in [5.41, 5.74) is 6.48. The molecule has 0 bridgehead atoms. The standard InChI is InChI=1S/C9H8BrFN2O3/c10-5-1-2-6(7(11)3-5)9(15)13-16-4-8(12)14/h1-3H,4H2,(H2,12,14)(H,13,15). The molecule has 86 valence electrons. The molecule has 3 N–H and O–H groups in total. The van der Waals surface area contributed by atoms with Crippen LogP contribution in [-0.2, 0) is 9.63 Å². The summed E-state index contributed by atoms with van der Waals surface area (Å²) in [5.74, 6) is -2.22. The third-order valence-corrected chi connectivity index (χ3v) is 2.05. The number of nitrogens with one attached hydrogen (secondary N) is 1. The summed E-state index contributed by atoms with van der Waals surface area (Å²) < 4.78 is 13.8. The molecule has 2 amide bonds. The van der Waals surface area contributed by atoms with E-state index >= 15 is 0 Å². The number of hydroxylamine groups is 1. The first-order chi connectivity index (χ1) is 7.50. The lowest BCUT2D eigenvalue weighted by Crippen LogP contribution is -2.29. The highest BCUT2D eigenvalue weighted by atomic mass is 79.9. The molecule has 16 heavy (non-hydrogen) atoms. The predicted molar refractivity (Wildman–Crippen MR) is 56.7 cm³/mol. The second-order valence-corrected chi connectivity index (χ2v) is 3.73. The highest BCUT2D eigenvalue weighted by Crippen LogP contribution is 2.14. The number of rotatable bonds is 4. The maximum absolute atomic E-state index is 13.2. The molecule has 5 nitrogen and oxygen atoms in total. The van der Waals surface area contributed by atoms with Gasteiger partial charge in [-0.2, -0.15) is 0 Å². The van der Waals surface area contributed by atoms with E-state index in [1.165, 1.54) is 12.1 Å². The van der Waals surface area contributed by atoms with Gasteiger partial charge in [0, 0.05) is 4.47 Å². The van der Waals surface area contributed by atoms with Crippen LogP contribution in [0.3, 0.4) is 0 Å². The maximum Gasteiger partial charge on any atom is 0.277 e. The van der Waals surface area contributed by atoms with E-state index in [1.807, 2.05) is 5.48 Å². The fraction of sp³-hybridized carbons (Fsp3) is 0.111. The zero-order chi connectivity index (χ0) is 12.1. The van der Waals surface area contributed by atoms with Crippen molar-refractivity contribution in [3.8, 4) is 0 Å². The summed E-state index contributed by atoms with van der Waals surface area (Å²) in [6, 6.07) is 3.93. The first-order valence-electron chi connectivity index (χ1n) is 4.16. The number of halogens is 2. The molecule has 0 aliphatic heterocycles. The second-order valence-electron chi connectivity index (χ2n) is 2.81. The smallest absolute Gasteiger partial charge is 0.277 e. The molecule has 0 aliphatic rings. The first-order valence-corrected chi connectivity index (χ1v) is 4.95. The van der Waals surface area contributed by atoms with Gasteiger partial charge in [0.05, 0.1) is 5.56 Å². The van der Waals surface area contributed by atoms with Crippen molar-refractivity contribution in [3.05, 3.63) is 34.1 Å². The number of hydrogen-bond acceptors (Lipinski definition) is 3. The van der Waals surface area contributed by atoms with E-state index in [0.717, 1.165) is 6.07 Å². The molecule has 0 radical (unpaired) electrons. The summed E-state index contributed by atoms with van der Waals surface area (Å²) in [5, 5.41) is 0. The number of benzene rings is 1. The molecule has 0 spiro atoms. The number of primary amides is 1. The highest BCUT2D eigenvalue weighted by molar-refractivity contribution is 9.10. The Morgan fingerprint density at radius 3 is 2.75 bits per heavy atom. The minimum Gasteiger partial charge on any atom is -0.368 e. The number of carbonyl (C=O) groups excluding carboxylic acids is 2. The van der Waals surface area contributed by atoms with Crippen LogP contribution < -0.4 is 11.2 Å². The van der Waals surface area contributed by atoms with Crippen LogP contribution in [0.15, 0.2) is 22.7 Å². The Morgan fingerprint density at radius 1 is 1.50 bits per heavy atom. The normalized spacial score (nSPS) is 9.88. The van der Waals surface area contributed by atoms with Gasteiger partial charge in [0.2, 0.25) is 5.91 Å². The average Bonchev–Trinajstić information content (AvgIpc) is 2.16. The fourth-order valence-electron chi connectivity index (χ4n) is 0.901. The lowest BCUT2D eigenvalue weighted by atomic mass is 10.2. The van der Waals surface area contributed by atoms with Gasteiger partial charge >= 0.3 is 0 Å². The molecule has 1 rings (SSSR count). The Labute approximate surface area is 98.8 Å². The minimum absolute atomic E-state index is 0.187. The summed E-state index contributed by atoms with van der Waals surface area (Å²) >= 11 is 3.05. The largest absolute Gasteiger partial charge is 0.368 e. The molecule has 0 atom stereocenters. The van der Waals surface area contributed by atoms with Crippen LogP contribution in [0.1, 0.15) is 10.4 Å². The lowest BCUT2D eigenvalue weighted by Gasteiger charge is -2.05. The van der Waals surface area contributed by atoms with E-state index in [1.54, 1.807) is 0 Å². The minimum atomic E-state index is -0.786. The monoisotopic (exact) mass is 290 g/mol. The second kappa shape index (κ2) is 5.57. The number of amides is 2. The molecular formula is C9H8BrFN2O3. The van der Waals surface area contributed by atoms with Gasteiger partial charge in [-0.3, -0.25) is 14.4 Å². The van der Waals surface area contributed by atoms with E-state index in [0.29, 0.717) is 4.47 Å². The van der Waals surface area contributed by atoms with Gasteiger partial charge in [0.15, 0.2) is 6.61 Å². The molecule has 0 heterocycles. The van der Waals surface area contributed by atoms with Gasteiger partial charge in [-0.05, 0) is 18.2 Å².